The van der Waals surface area contributed by atoms with Gasteiger partial charge in [0.15, 0.2) is 6.10 Å². The maximum absolute atomic E-state index is 12.4. The highest BCUT2D eigenvalue weighted by molar-refractivity contribution is 5.83. The Labute approximate surface area is 155 Å². The van der Waals surface area contributed by atoms with Gasteiger partial charge in [-0.1, -0.05) is 12.8 Å². The lowest BCUT2D eigenvalue weighted by Gasteiger charge is -2.23. The first-order valence-corrected chi connectivity index (χ1v) is 9.41. The van der Waals surface area contributed by atoms with Crippen molar-refractivity contribution in [2.75, 3.05) is 19.6 Å². The van der Waals surface area contributed by atoms with E-state index in [1.54, 1.807) is 4.90 Å². The standard InChI is InChI=1S/C18H33N3O5/c1-18(2,3)26-17(24)20-11-7-4-5-8-12-21-13-9-6-10-14(15(21)22)25-16(19)23/h14H,4-13H2,1-3H3,(H2,19,23)(H,20,24)/t14-/m0/s1. The van der Waals surface area contributed by atoms with Crippen molar-refractivity contribution in [2.24, 2.45) is 5.73 Å². The van der Waals surface area contributed by atoms with Gasteiger partial charge in [0.25, 0.3) is 5.91 Å². The number of primary amides is 1. The van der Waals surface area contributed by atoms with E-state index >= 15 is 0 Å². The van der Waals surface area contributed by atoms with E-state index in [4.69, 9.17) is 15.2 Å². The summed E-state index contributed by atoms with van der Waals surface area (Å²) in [6.45, 7) is 7.40. The molecule has 0 aromatic rings. The Morgan fingerprint density at radius 1 is 1.19 bits per heavy atom. The Hall–Kier alpha value is -1.99. The van der Waals surface area contributed by atoms with Crippen LogP contribution < -0.4 is 11.1 Å². The minimum atomic E-state index is -0.900. The molecule has 1 rings (SSSR count). The van der Waals surface area contributed by atoms with Gasteiger partial charge in [0.1, 0.15) is 5.60 Å². The maximum atomic E-state index is 12.4. The van der Waals surface area contributed by atoms with Crippen molar-refractivity contribution in [3.8, 4) is 0 Å². The molecular weight excluding hydrogens is 338 g/mol. The molecule has 0 bridgehead atoms. The van der Waals surface area contributed by atoms with Crippen molar-refractivity contribution in [1.29, 1.82) is 0 Å². The van der Waals surface area contributed by atoms with Crippen molar-refractivity contribution in [2.45, 2.75) is 77.4 Å². The summed E-state index contributed by atoms with van der Waals surface area (Å²) in [5.74, 6) is -0.145. The zero-order chi connectivity index (χ0) is 19.6. The normalized spacial score (nSPS) is 18.2. The monoisotopic (exact) mass is 371 g/mol. The number of carbonyl (C=O) groups excluding carboxylic acids is 3. The van der Waals surface area contributed by atoms with E-state index in [0.717, 1.165) is 38.5 Å². The molecule has 1 atom stereocenters. The summed E-state index contributed by atoms with van der Waals surface area (Å²) >= 11 is 0. The van der Waals surface area contributed by atoms with Crippen LogP contribution >= 0.6 is 0 Å². The van der Waals surface area contributed by atoms with Crippen LogP contribution in [-0.4, -0.2) is 54.3 Å². The lowest BCUT2D eigenvalue weighted by atomic mass is 10.1. The van der Waals surface area contributed by atoms with Gasteiger partial charge < -0.3 is 25.4 Å². The van der Waals surface area contributed by atoms with E-state index in [9.17, 15) is 14.4 Å². The zero-order valence-electron chi connectivity index (χ0n) is 16.2. The molecule has 26 heavy (non-hydrogen) atoms. The van der Waals surface area contributed by atoms with Crippen LogP contribution in [0.15, 0.2) is 0 Å². The molecule has 0 aromatic heterocycles. The number of hydrogen-bond donors (Lipinski definition) is 2. The summed E-state index contributed by atoms with van der Waals surface area (Å²) in [4.78, 5) is 36.5. The van der Waals surface area contributed by atoms with E-state index in [1.807, 2.05) is 20.8 Å². The average molecular weight is 371 g/mol. The van der Waals surface area contributed by atoms with Crippen LogP contribution in [0.25, 0.3) is 0 Å². The van der Waals surface area contributed by atoms with Gasteiger partial charge in [0.2, 0.25) is 0 Å². The van der Waals surface area contributed by atoms with Crippen LogP contribution in [0.3, 0.4) is 0 Å². The molecule has 8 nitrogen and oxygen atoms in total. The number of carbonyl (C=O) groups is 3. The van der Waals surface area contributed by atoms with Gasteiger partial charge in [0.05, 0.1) is 0 Å². The number of alkyl carbamates (subject to hydrolysis) is 1. The van der Waals surface area contributed by atoms with Crippen molar-refractivity contribution < 1.29 is 23.9 Å². The second-order valence-electron chi connectivity index (χ2n) is 7.59. The van der Waals surface area contributed by atoms with Crippen LogP contribution in [0.2, 0.25) is 0 Å². The van der Waals surface area contributed by atoms with Crippen molar-refractivity contribution in [3.05, 3.63) is 0 Å². The third kappa shape index (κ3) is 9.48. The number of rotatable bonds is 8. The summed E-state index contributed by atoms with van der Waals surface area (Å²) in [6.07, 6.45) is 3.90. The summed E-state index contributed by atoms with van der Waals surface area (Å²) < 4.78 is 10.1. The molecule has 3 N–H and O–H groups in total. The number of nitrogens with one attached hydrogen (secondary N) is 1. The van der Waals surface area contributed by atoms with E-state index < -0.39 is 23.9 Å². The van der Waals surface area contributed by atoms with E-state index in [0.29, 0.717) is 26.1 Å². The molecule has 1 saturated heterocycles. The number of hydrogen-bond acceptors (Lipinski definition) is 5. The quantitative estimate of drug-likeness (QED) is 0.637. The Balaban J connectivity index is 2.17. The molecule has 8 heteroatoms. The van der Waals surface area contributed by atoms with Crippen LogP contribution in [0.5, 0.6) is 0 Å². The van der Waals surface area contributed by atoms with Crippen molar-refractivity contribution in [1.82, 2.24) is 10.2 Å². The SMILES string of the molecule is CC(C)(C)OC(=O)NCCCCCCN1CCCC[C@H](OC(N)=O)C1=O. The first-order chi connectivity index (χ1) is 12.2. The first-order valence-electron chi connectivity index (χ1n) is 9.41. The van der Waals surface area contributed by atoms with Gasteiger partial charge >= 0.3 is 12.2 Å². The van der Waals surface area contributed by atoms with Crippen LogP contribution in [0.1, 0.15) is 65.7 Å². The lowest BCUT2D eigenvalue weighted by molar-refractivity contribution is -0.139. The van der Waals surface area contributed by atoms with Gasteiger partial charge in [-0.05, 0) is 52.9 Å². The van der Waals surface area contributed by atoms with Crippen LogP contribution in [0, 0.1) is 0 Å². The number of nitrogens with two attached hydrogens (primary N) is 1. The summed E-state index contributed by atoms with van der Waals surface area (Å²) in [5.41, 5.74) is 4.55. The predicted octanol–water partition coefficient (Wildman–Crippen LogP) is 2.55. The predicted molar refractivity (Wildman–Crippen MR) is 97.6 cm³/mol. The molecule has 0 unspecified atom stereocenters. The van der Waals surface area contributed by atoms with Crippen LogP contribution in [0.4, 0.5) is 9.59 Å². The minimum Gasteiger partial charge on any atom is -0.444 e. The molecule has 0 saturated carbocycles. The molecule has 0 radical (unpaired) electrons. The fourth-order valence-corrected chi connectivity index (χ4v) is 2.83. The Morgan fingerprint density at radius 3 is 2.54 bits per heavy atom. The number of ether oxygens (including phenoxy) is 2. The third-order valence-corrected chi connectivity index (χ3v) is 4.01. The molecule has 1 heterocycles. The van der Waals surface area contributed by atoms with Gasteiger partial charge in [-0.3, -0.25) is 4.79 Å². The summed E-state index contributed by atoms with van der Waals surface area (Å²) in [6, 6.07) is 0. The molecule has 1 fully saturated rings. The first kappa shape index (κ1) is 22.1. The maximum Gasteiger partial charge on any atom is 0.407 e. The molecule has 1 aliphatic rings. The fraction of sp³-hybridized carbons (Fsp3) is 0.833. The van der Waals surface area contributed by atoms with Gasteiger partial charge in [-0.25, -0.2) is 9.59 Å². The highest BCUT2D eigenvalue weighted by Gasteiger charge is 2.29. The second-order valence-corrected chi connectivity index (χ2v) is 7.59. The number of likely N-dealkylation sites (tertiary alicyclic amines) is 1. The molecule has 0 aliphatic carbocycles. The molecule has 0 aromatic carbocycles. The Kier molecular flexibility index (Phi) is 9.23. The van der Waals surface area contributed by atoms with Crippen LogP contribution in [-0.2, 0) is 14.3 Å². The van der Waals surface area contributed by atoms with E-state index in [-0.39, 0.29) is 5.91 Å². The topological polar surface area (TPSA) is 111 Å². The molecule has 3 amide bonds. The summed E-state index contributed by atoms with van der Waals surface area (Å²) in [7, 11) is 0. The highest BCUT2D eigenvalue weighted by Crippen LogP contribution is 2.16. The van der Waals surface area contributed by atoms with E-state index in [2.05, 4.69) is 5.32 Å². The fourth-order valence-electron chi connectivity index (χ4n) is 2.83. The molecule has 0 spiro atoms. The van der Waals surface area contributed by atoms with E-state index in [1.165, 1.54) is 0 Å². The van der Waals surface area contributed by atoms with Gasteiger partial charge in [-0.2, -0.15) is 0 Å². The largest absolute Gasteiger partial charge is 0.444 e. The molecule has 150 valence electrons. The average Bonchev–Trinajstić information content (AvgIpc) is 2.67. The Morgan fingerprint density at radius 2 is 1.88 bits per heavy atom. The number of unbranched alkanes of at least 4 members (excludes halogenated alkanes) is 3. The number of amides is 3. The number of nitrogens with zero attached hydrogens (tertiary/aromatic N) is 1. The molecular formula is C18H33N3O5. The lowest BCUT2D eigenvalue weighted by Crippen LogP contribution is -2.41. The molecule has 1 aliphatic heterocycles. The van der Waals surface area contributed by atoms with Gasteiger partial charge in [-0.15, -0.1) is 0 Å². The second kappa shape index (κ2) is 10.9. The zero-order valence-corrected chi connectivity index (χ0v) is 16.2. The Bertz CT molecular complexity index is 476. The van der Waals surface area contributed by atoms with Crippen molar-refractivity contribution >= 4 is 18.1 Å². The minimum absolute atomic E-state index is 0.145. The van der Waals surface area contributed by atoms with Crippen molar-refractivity contribution in [3.63, 3.8) is 0 Å². The summed E-state index contributed by atoms with van der Waals surface area (Å²) in [5, 5.41) is 2.73. The highest BCUT2D eigenvalue weighted by atomic mass is 16.6. The van der Waals surface area contributed by atoms with Gasteiger partial charge in [0, 0.05) is 19.6 Å². The smallest absolute Gasteiger partial charge is 0.407 e. The third-order valence-electron chi connectivity index (χ3n) is 4.01.